The summed E-state index contributed by atoms with van der Waals surface area (Å²) in [6, 6.07) is 7.43. The van der Waals surface area contributed by atoms with Crippen LogP contribution in [-0.2, 0) is 19.5 Å². The average molecular weight is 350 g/mol. The smallest absolute Gasteiger partial charge is 0.267 e. The second kappa shape index (κ2) is 5.99. The number of benzene rings is 1. The zero-order chi connectivity index (χ0) is 14.8. The number of aromatic nitrogens is 2. The van der Waals surface area contributed by atoms with Gasteiger partial charge in [-0.2, -0.15) is 5.10 Å². The van der Waals surface area contributed by atoms with Crippen LogP contribution in [0.5, 0.6) is 5.75 Å². The van der Waals surface area contributed by atoms with Crippen LogP contribution in [0.3, 0.4) is 0 Å². The van der Waals surface area contributed by atoms with E-state index in [0.717, 1.165) is 46.6 Å². The molecule has 0 saturated carbocycles. The Labute approximate surface area is 131 Å². The zero-order valence-electron chi connectivity index (χ0n) is 11.7. The Hall–Kier alpha value is -1.66. The van der Waals surface area contributed by atoms with E-state index in [4.69, 9.17) is 4.74 Å². The standard InChI is InChI=1S/C15H16BrN3O2/c1-21-14-3-2-12(16)6-11(14)9-19-15(20)7-10-8-17-5-4-13(10)18-19/h2-3,6-7,17H,4-5,8-9H2,1H3. The fraction of sp³-hybridized carbons (Fsp3) is 0.333. The molecule has 1 aliphatic heterocycles. The summed E-state index contributed by atoms with van der Waals surface area (Å²) in [4.78, 5) is 12.2. The van der Waals surface area contributed by atoms with E-state index in [2.05, 4.69) is 26.3 Å². The van der Waals surface area contributed by atoms with E-state index in [0.29, 0.717) is 6.54 Å². The Bertz CT molecular complexity index is 727. The van der Waals surface area contributed by atoms with Crippen LogP contribution in [0.15, 0.2) is 33.5 Å². The van der Waals surface area contributed by atoms with Gasteiger partial charge in [0.1, 0.15) is 5.75 Å². The lowest BCUT2D eigenvalue weighted by Gasteiger charge is -2.17. The lowest BCUT2D eigenvalue weighted by atomic mass is 10.1. The van der Waals surface area contributed by atoms with E-state index < -0.39 is 0 Å². The van der Waals surface area contributed by atoms with Gasteiger partial charge in [-0.3, -0.25) is 4.79 Å². The molecule has 5 nitrogen and oxygen atoms in total. The Kier molecular flexibility index (Phi) is 4.07. The predicted octanol–water partition coefficient (Wildman–Crippen LogP) is 1.71. The predicted molar refractivity (Wildman–Crippen MR) is 83.7 cm³/mol. The minimum atomic E-state index is -0.0838. The summed E-state index contributed by atoms with van der Waals surface area (Å²) >= 11 is 3.45. The highest BCUT2D eigenvalue weighted by Gasteiger charge is 2.14. The van der Waals surface area contributed by atoms with Crippen LogP contribution < -0.4 is 15.6 Å². The molecular weight excluding hydrogens is 334 g/mol. The van der Waals surface area contributed by atoms with Crippen molar-refractivity contribution in [2.75, 3.05) is 13.7 Å². The first-order valence-electron chi connectivity index (χ1n) is 6.80. The minimum absolute atomic E-state index is 0.0838. The first-order chi connectivity index (χ1) is 10.2. The molecule has 0 bridgehead atoms. The molecule has 0 amide bonds. The molecule has 0 saturated heterocycles. The van der Waals surface area contributed by atoms with Gasteiger partial charge in [0, 0.05) is 35.6 Å². The average Bonchev–Trinajstić information content (AvgIpc) is 2.48. The van der Waals surface area contributed by atoms with Crippen LogP contribution in [0, 0.1) is 0 Å². The normalized spacial score (nSPS) is 13.8. The Morgan fingerprint density at radius 2 is 2.29 bits per heavy atom. The maximum absolute atomic E-state index is 12.2. The summed E-state index contributed by atoms with van der Waals surface area (Å²) in [7, 11) is 1.63. The number of ether oxygens (including phenoxy) is 1. The van der Waals surface area contributed by atoms with Gasteiger partial charge in [-0.1, -0.05) is 15.9 Å². The van der Waals surface area contributed by atoms with Crippen molar-refractivity contribution < 1.29 is 4.74 Å². The van der Waals surface area contributed by atoms with E-state index in [1.54, 1.807) is 13.2 Å². The second-order valence-corrected chi connectivity index (χ2v) is 5.91. The molecule has 0 fully saturated rings. The van der Waals surface area contributed by atoms with Crippen molar-refractivity contribution in [3.8, 4) is 5.75 Å². The van der Waals surface area contributed by atoms with Crippen LogP contribution in [-0.4, -0.2) is 23.4 Å². The van der Waals surface area contributed by atoms with Gasteiger partial charge in [-0.25, -0.2) is 4.68 Å². The molecule has 21 heavy (non-hydrogen) atoms. The fourth-order valence-electron chi connectivity index (χ4n) is 2.50. The summed E-state index contributed by atoms with van der Waals surface area (Å²) in [5.74, 6) is 0.756. The maximum atomic E-state index is 12.2. The number of hydrogen-bond donors (Lipinski definition) is 1. The van der Waals surface area contributed by atoms with Crippen molar-refractivity contribution in [1.29, 1.82) is 0 Å². The van der Waals surface area contributed by atoms with Crippen LogP contribution in [0.2, 0.25) is 0 Å². The Balaban J connectivity index is 1.98. The highest BCUT2D eigenvalue weighted by molar-refractivity contribution is 9.10. The monoisotopic (exact) mass is 349 g/mol. The van der Waals surface area contributed by atoms with Crippen LogP contribution in [0.25, 0.3) is 0 Å². The number of nitrogens with zero attached hydrogens (tertiary/aromatic N) is 2. The zero-order valence-corrected chi connectivity index (χ0v) is 13.3. The number of rotatable bonds is 3. The quantitative estimate of drug-likeness (QED) is 0.916. The number of methoxy groups -OCH3 is 1. The summed E-state index contributed by atoms with van der Waals surface area (Å²) in [5.41, 5.74) is 2.85. The van der Waals surface area contributed by atoms with Gasteiger partial charge >= 0.3 is 0 Å². The van der Waals surface area contributed by atoms with E-state index in [1.165, 1.54) is 4.68 Å². The number of halogens is 1. The molecule has 0 atom stereocenters. The SMILES string of the molecule is COc1ccc(Br)cc1Cn1nc2c(cc1=O)CNCC2. The maximum Gasteiger partial charge on any atom is 0.267 e. The third-order valence-electron chi connectivity index (χ3n) is 3.58. The molecule has 1 N–H and O–H groups in total. The molecule has 110 valence electrons. The second-order valence-electron chi connectivity index (χ2n) is 5.00. The molecule has 1 aromatic heterocycles. The molecule has 0 spiro atoms. The van der Waals surface area contributed by atoms with Gasteiger partial charge in [0.25, 0.3) is 5.56 Å². The van der Waals surface area contributed by atoms with Crippen LogP contribution in [0.1, 0.15) is 16.8 Å². The van der Waals surface area contributed by atoms with E-state index in [-0.39, 0.29) is 5.56 Å². The number of hydrogen-bond acceptors (Lipinski definition) is 4. The molecule has 0 unspecified atom stereocenters. The number of fused-ring (bicyclic) bond motifs is 1. The third-order valence-corrected chi connectivity index (χ3v) is 4.07. The molecule has 1 aromatic carbocycles. The highest BCUT2D eigenvalue weighted by atomic mass is 79.9. The molecule has 6 heteroatoms. The molecule has 1 aliphatic rings. The molecular formula is C15H16BrN3O2. The van der Waals surface area contributed by atoms with Gasteiger partial charge in [0.05, 0.1) is 19.3 Å². The summed E-state index contributed by atoms with van der Waals surface area (Å²) < 4.78 is 7.81. The van der Waals surface area contributed by atoms with Gasteiger partial charge < -0.3 is 10.1 Å². The summed E-state index contributed by atoms with van der Waals surface area (Å²) in [5, 5.41) is 7.76. The van der Waals surface area contributed by atoms with Crippen molar-refractivity contribution in [1.82, 2.24) is 15.1 Å². The first kappa shape index (κ1) is 14.3. The van der Waals surface area contributed by atoms with Crippen molar-refractivity contribution in [3.63, 3.8) is 0 Å². The number of nitrogens with one attached hydrogen (secondary N) is 1. The largest absolute Gasteiger partial charge is 0.496 e. The van der Waals surface area contributed by atoms with Crippen LogP contribution >= 0.6 is 15.9 Å². The summed E-state index contributed by atoms with van der Waals surface area (Å²) in [6.45, 7) is 2.03. The molecule has 0 radical (unpaired) electrons. The fourth-order valence-corrected chi connectivity index (χ4v) is 2.91. The van der Waals surface area contributed by atoms with Gasteiger partial charge in [-0.15, -0.1) is 0 Å². The van der Waals surface area contributed by atoms with Crippen molar-refractivity contribution in [2.24, 2.45) is 0 Å². The molecule has 0 aliphatic carbocycles. The Morgan fingerprint density at radius 3 is 3.10 bits per heavy atom. The van der Waals surface area contributed by atoms with Crippen LogP contribution in [0.4, 0.5) is 0 Å². The molecule has 2 heterocycles. The van der Waals surface area contributed by atoms with E-state index >= 15 is 0 Å². The minimum Gasteiger partial charge on any atom is -0.496 e. The van der Waals surface area contributed by atoms with E-state index in [9.17, 15) is 4.79 Å². The lowest BCUT2D eigenvalue weighted by Crippen LogP contribution is -2.31. The third kappa shape index (κ3) is 3.01. The van der Waals surface area contributed by atoms with Gasteiger partial charge in [0.2, 0.25) is 0 Å². The molecule has 3 rings (SSSR count). The molecule has 2 aromatic rings. The van der Waals surface area contributed by atoms with Crippen molar-refractivity contribution in [2.45, 2.75) is 19.5 Å². The Morgan fingerprint density at radius 1 is 1.43 bits per heavy atom. The van der Waals surface area contributed by atoms with E-state index in [1.807, 2.05) is 18.2 Å². The van der Waals surface area contributed by atoms with Crippen molar-refractivity contribution in [3.05, 3.63) is 55.9 Å². The van der Waals surface area contributed by atoms with Gasteiger partial charge in [-0.05, 0) is 23.8 Å². The van der Waals surface area contributed by atoms with Crippen molar-refractivity contribution >= 4 is 15.9 Å². The lowest BCUT2D eigenvalue weighted by molar-refractivity contribution is 0.406. The highest BCUT2D eigenvalue weighted by Crippen LogP contribution is 2.23. The first-order valence-corrected chi connectivity index (χ1v) is 7.60. The summed E-state index contributed by atoms with van der Waals surface area (Å²) in [6.07, 6.45) is 0.852. The van der Waals surface area contributed by atoms with Gasteiger partial charge in [0.15, 0.2) is 0 Å². The topological polar surface area (TPSA) is 56.2 Å².